The summed E-state index contributed by atoms with van der Waals surface area (Å²) in [7, 11) is 0. The number of fused-ring (bicyclic) bond motifs is 1. The third-order valence-electron chi connectivity index (χ3n) is 3.95. The molecule has 0 bridgehead atoms. The van der Waals surface area contributed by atoms with Gasteiger partial charge in [0.15, 0.2) is 0 Å². The Morgan fingerprint density at radius 1 is 1.29 bits per heavy atom. The number of anilines is 1. The van der Waals surface area contributed by atoms with Crippen molar-refractivity contribution < 1.29 is 9.90 Å². The molecule has 1 aromatic carbocycles. The number of carbonyl (C=O) groups is 1. The highest BCUT2D eigenvalue weighted by Crippen LogP contribution is 2.30. The van der Waals surface area contributed by atoms with Gasteiger partial charge in [0, 0.05) is 10.6 Å². The van der Waals surface area contributed by atoms with E-state index < -0.39 is 0 Å². The highest BCUT2D eigenvalue weighted by atomic mass is 32.1. The Labute approximate surface area is 128 Å². The lowest BCUT2D eigenvalue weighted by Gasteiger charge is -2.09. The average molecular weight is 301 g/mol. The number of aryl methyl sites for hydroxylation is 3. The number of rotatable bonds is 3. The largest absolute Gasteiger partial charge is 0.392 e. The average Bonchev–Trinajstić information content (AvgIpc) is 2.93. The van der Waals surface area contributed by atoms with Gasteiger partial charge in [-0.1, -0.05) is 12.1 Å². The maximum atomic E-state index is 12.4. The maximum Gasteiger partial charge on any atom is 0.265 e. The van der Waals surface area contributed by atoms with Crippen molar-refractivity contribution in [3.63, 3.8) is 0 Å². The SMILES string of the molecule is Cc1ccc(CO)cc1NC(=O)c1cc2c(s1)CCCC2. The minimum atomic E-state index is -0.0485. The summed E-state index contributed by atoms with van der Waals surface area (Å²) in [5.74, 6) is -0.0485. The lowest BCUT2D eigenvalue weighted by molar-refractivity contribution is 0.103. The van der Waals surface area contributed by atoms with Crippen LogP contribution in [-0.2, 0) is 19.4 Å². The van der Waals surface area contributed by atoms with Gasteiger partial charge in [-0.15, -0.1) is 11.3 Å². The third-order valence-corrected chi connectivity index (χ3v) is 5.19. The molecule has 0 atom stereocenters. The van der Waals surface area contributed by atoms with Gasteiger partial charge in [-0.3, -0.25) is 4.79 Å². The molecule has 3 nitrogen and oxygen atoms in total. The highest BCUT2D eigenvalue weighted by molar-refractivity contribution is 7.14. The van der Waals surface area contributed by atoms with Crippen molar-refractivity contribution >= 4 is 22.9 Å². The molecule has 0 saturated carbocycles. The molecule has 1 heterocycles. The lowest BCUT2D eigenvalue weighted by atomic mass is 9.99. The summed E-state index contributed by atoms with van der Waals surface area (Å²) in [4.78, 5) is 14.6. The van der Waals surface area contributed by atoms with Gasteiger partial charge in [0.05, 0.1) is 11.5 Å². The van der Waals surface area contributed by atoms with E-state index >= 15 is 0 Å². The zero-order chi connectivity index (χ0) is 14.8. The van der Waals surface area contributed by atoms with E-state index in [-0.39, 0.29) is 12.5 Å². The van der Waals surface area contributed by atoms with E-state index in [1.54, 1.807) is 11.3 Å². The smallest absolute Gasteiger partial charge is 0.265 e. The van der Waals surface area contributed by atoms with E-state index in [4.69, 9.17) is 0 Å². The van der Waals surface area contributed by atoms with Crippen LogP contribution in [0.2, 0.25) is 0 Å². The van der Waals surface area contributed by atoms with E-state index in [1.165, 1.54) is 23.3 Å². The van der Waals surface area contributed by atoms with Gasteiger partial charge in [0.1, 0.15) is 0 Å². The Kier molecular flexibility index (Phi) is 4.08. The van der Waals surface area contributed by atoms with E-state index in [2.05, 4.69) is 5.32 Å². The first-order valence-electron chi connectivity index (χ1n) is 7.30. The highest BCUT2D eigenvalue weighted by Gasteiger charge is 2.17. The zero-order valence-electron chi connectivity index (χ0n) is 12.1. The van der Waals surface area contributed by atoms with E-state index in [9.17, 15) is 9.90 Å². The molecule has 1 amide bonds. The Morgan fingerprint density at radius 2 is 2.10 bits per heavy atom. The third kappa shape index (κ3) is 3.01. The van der Waals surface area contributed by atoms with Crippen LogP contribution in [0.4, 0.5) is 5.69 Å². The van der Waals surface area contributed by atoms with Crippen LogP contribution in [0.15, 0.2) is 24.3 Å². The fraction of sp³-hybridized carbons (Fsp3) is 0.353. The summed E-state index contributed by atoms with van der Waals surface area (Å²) in [5.41, 5.74) is 3.93. The Hall–Kier alpha value is -1.65. The van der Waals surface area contributed by atoms with Crippen LogP contribution in [0.5, 0.6) is 0 Å². The van der Waals surface area contributed by atoms with Crippen molar-refractivity contribution in [3.8, 4) is 0 Å². The van der Waals surface area contributed by atoms with Crippen molar-refractivity contribution in [3.05, 3.63) is 50.7 Å². The van der Waals surface area contributed by atoms with Crippen LogP contribution in [-0.4, -0.2) is 11.0 Å². The number of hydrogen-bond donors (Lipinski definition) is 2. The summed E-state index contributed by atoms with van der Waals surface area (Å²) in [5, 5.41) is 12.2. The van der Waals surface area contributed by atoms with Crippen molar-refractivity contribution in [2.24, 2.45) is 0 Å². The number of hydrogen-bond acceptors (Lipinski definition) is 3. The predicted octanol–water partition coefficient (Wildman–Crippen LogP) is 3.68. The van der Waals surface area contributed by atoms with Crippen LogP contribution in [0.3, 0.4) is 0 Å². The number of aliphatic hydroxyl groups is 1. The summed E-state index contributed by atoms with van der Waals surface area (Å²) in [6.07, 6.45) is 4.65. The zero-order valence-corrected chi connectivity index (χ0v) is 12.9. The molecular weight excluding hydrogens is 282 g/mol. The number of thiophene rings is 1. The number of amides is 1. The second kappa shape index (κ2) is 6.00. The molecule has 3 rings (SSSR count). The van der Waals surface area contributed by atoms with Crippen LogP contribution < -0.4 is 5.32 Å². The van der Waals surface area contributed by atoms with Gasteiger partial charge in [-0.25, -0.2) is 0 Å². The van der Waals surface area contributed by atoms with Crippen LogP contribution in [0.1, 0.15) is 44.1 Å². The summed E-state index contributed by atoms with van der Waals surface area (Å²) >= 11 is 1.62. The van der Waals surface area contributed by atoms with Gasteiger partial charge in [-0.05, 0) is 61.4 Å². The molecule has 21 heavy (non-hydrogen) atoms. The molecule has 2 aromatic rings. The quantitative estimate of drug-likeness (QED) is 0.908. The summed E-state index contributed by atoms with van der Waals surface area (Å²) in [6, 6.07) is 7.66. The van der Waals surface area contributed by atoms with Crippen LogP contribution >= 0.6 is 11.3 Å². The molecule has 4 heteroatoms. The number of aliphatic hydroxyl groups excluding tert-OH is 1. The number of nitrogens with one attached hydrogen (secondary N) is 1. The van der Waals surface area contributed by atoms with E-state index in [0.717, 1.165) is 34.5 Å². The van der Waals surface area contributed by atoms with Gasteiger partial charge in [0.2, 0.25) is 0 Å². The van der Waals surface area contributed by atoms with Gasteiger partial charge in [-0.2, -0.15) is 0 Å². The topological polar surface area (TPSA) is 49.3 Å². The summed E-state index contributed by atoms with van der Waals surface area (Å²) in [6.45, 7) is 1.94. The molecule has 1 aromatic heterocycles. The van der Waals surface area contributed by atoms with Crippen LogP contribution in [0, 0.1) is 6.92 Å². The number of carbonyl (C=O) groups excluding carboxylic acids is 1. The standard InChI is InChI=1S/C17H19NO2S/c1-11-6-7-12(10-19)8-14(11)18-17(20)16-9-13-4-2-3-5-15(13)21-16/h6-9,19H,2-5,10H2,1H3,(H,18,20). The van der Waals surface area contributed by atoms with Crippen molar-refractivity contribution in [1.82, 2.24) is 0 Å². The molecule has 0 unspecified atom stereocenters. The Morgan fingerprint density at radius 3 is 2.86 bits per heavy atom. The van der Waals surface area contributed by atoms with Crippen molar-refractivity contribution in [1.29, 1.82) is 0 Å². The Balaban J connectivity index is 1.81. The van der Waals surface area contributed by atoms with Crippen molar-refractivity contribution in [2.75, 3.05) is 5.32 Å². The Bertz CT molecular complexity index is 652. The number of benzene rings is 1. The fourth-order valence-corrected chi connectivity index (χ4v) is 3.84. The maximum absolute atomic E-state index is 12.4. The predicted molar refractivity (Wildman–Crippen MR) is 86.0 cm³/mol. The normalized spacial score (nSPS) is 13.8. The molecule has 0 radical (unpaired) electrons. The molecule has 0 spiro atoms. The second-order valence-electron chi connectivity index (χ2n) is 5.53. The molecule has 2 N–H and O–H groups in total. The summed E-state index contributed by atoms with van der Waals surface area (Å²) < 4.78 is 0. The molecule has 1 aliphatic rings. The van der Waals surface area contributed by atoms with Crippen molar-refractivity contribution in [2.45, 2.75) is 39.2 Å². The monoisotopic (exact) mass is 301 g/mol. The minimum absolute atomic E-state index is 0.0174. The molecule has 110 valence electrons. The van der Waals surface area contributed by atoms with Crippen LogP contribution in [0.25, 0.3) is 0 Å². The van der Waals surface area contributed by atoms with Gasteiger partial charge < -0.3 is 10.4 Å². The van der Waals surface area contributed by atoms with E-state index in [0.29, 0.717) is 0 Å². The molecule has 0 fully saturated rings. The molecule has 0 saturated heterocycles. The first-order valence-corrected chi connectivity index (χ1v) is 8.12. The van der Waals surface area contributed by atoms with Gasteiger partial charge >= 0.3 is 0 Å². The minimum Gasteiger partial charge on any atom is -0.392 e. The first kappa shape index (κ1) is 14.3. The lowest BCUT2D eigenvalue weighted by Crippen LogP contribution is -2.11. The van der Waals surface area contributed by atoms with E-state index in [1.807, 2.05) is 31.2 Å². The fourth-order valence-electron chi connectivity index (χ4n) is 2.69. The molecule has 1 aliphatic carbocycles. The van der Waals surface area contributed by atoms with Gasteiger partial charge in [0.25, 0.3) is 5.91 Å². The molecular formula is C17H19NO2S. The first-order chi connectivity index (χ1) is 10.2. The second-order valence-corrected chi connectivity index (χ2v) is 6.66. The molecule has 0 aliphatic heterocycles.